The maximum atomic E-state index is 11.6. The van der Waals surface area contributed by atoms with E-state index in [0.29, 0.717) is 10.8 Å². The Morgan fingerprint density at radius 1 is 1.28 bits per heavy atom. The topological polar surface area (TPSA) is 69.3 Å². The molecular formula is C21H18ClN3O3S. The van der Waals surface area contributed by atoms with Gasteiger partial charge in [-0.15, -0.1) is 0 Å². The molecule has 0 radical (unpaired) electrons. The number of rotatable bonds is 5. The van der Waals surface area contributed by atoms with Crippen LogP contribution >= 0.6 is 23.4 Å². The van der Waals surface area contributed by atoms with Gasteiger partial charge in [-0.2, -0.15) is 5.10 Å². The maximum Gasteiger partial charge on any atom is 0.339 e. The van der Waals surface area contributed by atoms with Gasteiger partial charge < -0.3 is 14.4 Å². The first-order valence-corrected chi connectivity index (χ1v) is 9.98. The van der Waals surface area contributed by atoms with E-state index in [9.17, 15) is 9.90 Å². The van der Waals surface area contributed by atoms with Crippen LogP contribution in [0.3, 0.4) is 0 Å². The van der Waals surface area contributed by atoms with Gasteiger partial charge >= 0.3 is 5.97 Å². The minimum atomic E-state index is -1.02. The number of methoxy groups -OCH3 is 1. The average molecular weight is 428 g/mol. The minimum Gasteiger partial charge on any atom is -0.495 e. The Morgan fingerprint density at radius 3 is 2.72 bits per heavy atom. The smallest absolute Gasteiger partial charge is 0.339 e. The molecule has 0 aliphatic carbocycles. The molecule has 2 heterocycles. The van der Waals surface area contributed by atoms with E-state index < -0.39 is 5.97 Å². The second-order valence-corrected chi connectivity index (χ2v) is 8.02. The van der Waals surface area contributed by atoms with Gasteiger partial charge in [0, 0.05) is 34.2 Å². The number of aromatic carboxylic acids is 1. The van der Waals surface area contributed by atoms with Crippen LogP contribution in [0.15, 0.2) is 58.6 Å². The molecule has 2 aromatic carbocycles. The Kier molecular flexibility index (Phi) is 5.02. The molecule has 2 aromatic heterocycles. The van der Waals surface area contributed by atoms with Crippen LogP contribution in [0.1, 0.15) is 16.1 Å². The Bertz CT molecular complexity index is 1250. The number of aromatic nitrogens is 3. The summed E-state index contributed by atoms with van der Waals surface area (Å²) >= 11 is 7.76. The highest BCUT2D eigenvalue weighted by molar-refractivity contribution is 7.99. The van der Waals surface area contributed by atoms with Gasteiger partial charge in [-0.1, -0.05) is 35.5 Å². The highest BCUT2D eigenvalue weighted by Gasteiger charge is 2.21. The van der Waals surface area contributed by atoms with E-state index >= 15 is 0 Å². The lowest BCUT2D eigenvalue weighted by molar-refractivity contribution is 0.0693. The van der Waals surface area contributed by atoms with Gasteiger partial charge in [0.25, 0.3) is 0 Å². The van der Waals surface area contributed by atoms with Crippen molar-refractivity contribution in [3.05, 3.63) is 65.1 Å². The summed E-state index contributed by atoms with van der Waals surface area (Å²) in [6.07, 6.45) is 3.74. The van der Waals surface area contributed by atoms with Crippen LogP contribution in [-0.4, -0.2) is 32.5 Å². The van der Waals surface area contributed by atoms with Gasteiger partial charge in [0.05, 0.1) is 29.4 Å². The fourth-order valence-corrected chi connectivity index (χ4v) is 4.77. The molecule has 0 saturated heterocycles. The van der Waals surface area contributed by atoms with Crippen molar-refractivity contribution in [3.8, 4) is 11.4 Å². The van der Waals surface area contributed by atoms with E-state index in [2.05, 4.69) is 9.67 Å². The summed E-state index contributed by atoms with van der Waals surface area (Å²) in [6, 6.07) is 10.9. The first-order chi connectivity index (χ1) is 13.9. The van der Waals surface area contributed by atoms with E-state index in [0.717, 1.165) is 32.1 Å². The van der Waals surface area contributed by atoms with Gasteiger partial charge in [-0.3, -0.25) is 4.68 Å². The molecule has 4 rings (SSSR count). The van der Waals surface area contributed by atoms with Gasteiger partial charge in [-0.25, -0.2) is 4.79 Å². The number of hydrogen-bond donors (Lipinski definition) is 1. The van der Waals surface area contributed by atoms with Gasteiger partial charge in [0.2, 0.25) is 0 Å². The molecule has 0 saturated carbocycles. The third-order valence-corrected chi connectivity index (χ3v) is 6.18. The number of carboxylic acid groups (broad SMARTS) is 1. The van der Waals surface area contributed by atoms with Crippen molar-refractivity contribution >= 4 is 40.2 Å². The molecule has 29 heavy (non-hydrogen) atoms. The standard InChI is InChI=1S/C21H18ClN3O3S/c1-12-20(29-18-6-4-5-16(21(26)27)19(18)28-3)15-8-7-13(22)9-17(15)25(12)14-10-23-24(2)11-14/h4-11H,1-3H3,(H,26,27). The lowest BCUT2D eigenvalue weighted by Gasteiger charge is -2.11. The predicted molar refractivity (Wildman–Crippen MR) is 114 cm³/mol. The quantitative estimate of drug-likeness (QED) is 0.475. The molecule has 0 unspecified atom stereocenters. The lowest BCUT2D eigenvalue weighted by atomic mass is 10.2. The molecule has 0 atom stereocenters. The number of benzene rings is 2. The van der Waals surface area contributed by atoms with Crippen molar-refractivity contribution < 1.29 is 14.6 Å². The van der Waals surface area contributed by atoms with Crippen LogP contribution in [0.25, 0.3) is 16.6 Å². The largest absolute Gasteiger partial charge is 0.495 e. The zero-order valence-electron chi connectivity index (χ0n) is 16.0. The molecule has 6 nitrogen and oxygen atoms in total. The van der Waals surface area contributed by atoms with Crippen LogP contribution < -0.4 is 4.74 Å². The first-order valence-electron chi connectivity index (χ1n) is 8.78. The number of aryl methyl sites for hydroxylation is 1. The minimum absolute atomic E-state index is 0.134. The molecule has 1 N–H and O–H groups in total. The van der Waals surface area contributed by atoms with Gasteiger partial charge in [-0.05, 0) is 31.2 Å². The molecule has 0 aliphatic heterocycles. The molecule has 8 heteroatoms. The fourth-order valence-electron chi connectivity index (χ4n) is 3.43. The zero-order chi connectivity index (χ0) is 20.7. The molecular weight excluding hydrogens is 410 g/mol. The van der Waals surface area contributed by atoms with E-state index in [1.165, 1.54) is 24.9 Å². The normalized spacial score (nSPS) is 11.2. The molecule has 0 spiro atoms. The predicted octanol–water partition coefficient (Wildman–Crippen LogP) is 5.18. The van der Waals surface area contributed by atoms with Crippen molar-refractivity contribution in [1.29, 1.82) is 0 Å². The third-order valence-electron chi connectivity index (χ3n) is 4.68. The molecule has 0 aliphatic rings. The average Bonchev–Trinajstić information content (AvgIpc) is 3.22. The number of carboxylic acids is 1. The molecule has 0 amide bonds. The summed E-state index contributed by atoms with van der Waals surface area (Å²) in [7, 11) is 3.35. The molecule has 4 aromatic rings. The van der Waals surface area contributed by atoms with Crippen molar-refractivity contribution in [2.24, 2.45) is 7.05 Å². The number of fused-ring (bicyclic) bond motifs is 1. The van der Waals surface area contributed by atoms with Crippen molar-refractivity contribution in [3.63, 3.8) is 0 Å². The summed E-state index contributed by atoms with van der Waals surface area (Å²) in [5, 5.41) is 15.4. The molecule has 0 fully saturated rings. The molecule has 0 bridgehead atoms. The number of para-hydroxylation sites is 1. The lowest BCUT2D eigenvalue weighted by Crippen LogP contribution is -2.01. The number of hydrogen-bond acceptors (Lipinski definition) is 4. The Labute approximate surface area is 176 Å². The summed E-state index contributed by atoms with van der Waals surface area (Å²) in [5.74, 6) is -0.675. The first kappa shape index (κ1) is 19.4. The zero-order valence-corrected chi connectivity index (χ0v) is 17.6. The van der Waals surface area contributed by atoms with Gasteiger partial charge in [0.1, 0.15) is 11.3 Å². The number of nitrogens with zero attached hydrogens (tertiary/aromatic N) is 3. The van der Waals surface area contributed by atoms with E-state index in [1.54, 1.807) is 16.9 Å². The summed E-state index contributed by atoms with van der Waals surface area (Å²) in [5.41, 5.74) is 3.02. The monoisotopic (exact) mass is 427 g/mol. The van der Waals surface area contributed by atoms with Crippen LogP contribution in [0.4, 0.5) is 0 Å². The Hall–Kier alpha value is -2.90. The van der Waals surface area contributed by atoms with E-state index in [1.807, 2.05) is 44.4 Å². The van der Waals surface area contributed by atoms with Gasteiger partial charge in [0.15, 0.2) is 0 Å². The highest BCUT2D eigenvalue weighted by atomic mass is 35.5. The van der Waals surface area contributed by atoms with E-state index in [-0.39, 0.29) is 5.56 Å². The number of ether oxygens (including phenoxy) is 1. The van der Waals surface area contributed by atoms with Crippen LogP contribution in [0, 0.1) is 6.92 Å². The second kappa shape index (κ2) is 7.50. The SMILES string of the molecule is COc1c(Sc2c(C)n(-c3cnn(C)c3)c3cc(Cl)ccc23)cccc1C(=O)O. The van der Waals surface area contributed by atoms with Crippen LogP contribution in [0.5, 0.6) is 5.75 Å². The third kappa shape index (κ3) is 3.36. The number of halogens is 1. The molecule has 148 valence electrons. The van der Waals surface area contributed by atoms with Crippen molar-refractivity contribution in [1.82, 2.24) is 14.3 Å². The Morgan fingerprint density at radius 2 is 2.07 bits per heavy atom. The summed E-state index contributed by atoms with van der Waals surface area (Å²) in [4.78, 5) is 13.3. The maximum absolute atomic E-state index is 11.6. The van der Waals surface area contributed by atoms with Crippen molar-refractivity contribution in [2.75, 3.05) is 7.11 Å². The van der Waals surface area contributed by atoms with Crippen molar-refractivity contribution in [2.45, 2.75) is 16.7 Å². The summed E-state index contributed by atoms with van der Waals surface area (Å²) in [6.45, 7) is 2.02. The summed E-state index contributed by atoms with van der Waals surface area (Å²) < 4.78 is 9.28. The second-order valence-electron chi connectivity index (χ2n) is 6.53. The highest BCUT2D eigenvalue weighted by Crippen LogP contribution is 2.44. The number of carbonyl (C=O) groups is 1. The Balaban J connectivity index is 1.93. The van der Waals surface area contributed by atoms with Crippen LogP contribution in [0.2, 0.25) is 5.02 Å². The van der Waals surface area contributed by atoms with Crippen LogP contribution in [-0.2, 0) is 7.05 Å². The fraction of sp³-hybridized carbons (Fsp3) is 0.143. The van der Waals surface area contributed by atoms with E-state index in [4.69, 9.17) is 16.3 Å².